The van der Waals surface area contributed by atoms with Crippen molar-refractivity contribution in [2.75, 3.05) is 26.7 Å². The Balaban J connectivity index is 1.31. The van der Waals surface area contributed by atoms with Crippen LogP contribution in [0.1, 0.15) is 34.3 Å². The van der Waals surface area contributed by atoms with E-state index in [4.69, 9.17) is 11.5 Å². The van der Waals surface area contributed by atoms with Crippen LogP contribution in [0.5, 0.6) is 0 Å². The van der Waals surface area contributed by atoms with Crippen LogP contribution in [0.25, 0.3) is 0 Å². The number of hydrogen-bond donors (Lipinski definition) is 8. The van der Waals surface area contributed by atoms with Crippen molar-refractivity contribution in [3.05, 3.63) is 34.9 Å². The fourth-order valence-electron chi connectivity index (χ4n) is 6.67. The van der Waals surface area contributed by atoms with E-state index in [1.165, 1.54) is 16.5 Å². The zero-order valence-corrected chi connectivity index (χ0v) is 21.0. The van der Waals surface area contributed by atoms with E-state index in [0.29, 0.717) is 5.56 Å². The molecule has 1 spiro atoms. The normalized spacial score (nSPS) is 31.3. The number of nitrogens with zero attached hydrogens (tertiary/aromatic N) is 3. The number of urea groups is 1. The Hall–Kier alpha value is -3.91. The Morgan fingerprint density at radius 1 is 1.26 bits per heavy atom. The molecule has 6 rings (SSSR count). The summed E-state index contributed by atoms with van der Waals surface area (Å²) in [6.07, 6.45) is 3.76. The van der Waals surface area contributed by atoms with Gasteiger partial charge >= 0.3 is 18.0 Å². The van der Waals surface area contributed by atoms with E-state index in [2.05, 4.69) is 20.9 Å². The highest BCUT2D eigenvalue weighted by atomic mass is 16.5. The molecule has 10 N–H and O–H groups in total. The molecule has 0 aromatic heterocycles. The number of benzene rings is 1. The number of amides is 4. The average Bonchev–Trinajstić information content (AvgIpc) is 3.44. The third-order valence-corrected chi connectivity index (χ3v) is 8.51. The first-order valence-electron chi connectivity index (χ1n) is 12.8. The largest absolute Gasteiger partial charge is 0.358 e. The van der Waals surface area contributed by atoms with Gasteiger partial charge in [0.1, 0.15) is 18.6 Å². The van der Waals surface area contributed by atoms with Gasteiger partial charge in [-0.1, -0.05) is 12.1 Å². The number of rotatable bonds is 4. The number of carbonyl (C=O) groups excluding carboxylic acids is 3. The fourth-order valence-corrected chi connectivity index (χ4v) is 6.67. The number of carbonyl (C=O) groups is 3. The zero-order valence-electron chi connectivity index (χ0n) is 21.0. The summed E-state index contributed by atoms with van der Waals surface area (Å²) in [5.41, 5.74) is 13.4. The van der Waals surface area contributed by atoms with Crippen molar-refractivity contribution in [2.24, 2.45) is 11.5 Å². The number of aryl methyl sites for hydroxylation is 1. The van der Waals surface area contributed by atoms with E-state index in [1.807, 2.05) is 12.1 Å². The molecule has 202 valence electrons. The van der Waals surface area contributed by atoms with E-state index in [-0.39, 0.29) is 37.5 Å². The summed E-state index contributed by atoms with van der Waals surface area (Å²) in [5, 5.41) is 32.2. The molecule has 0 saturated carbocycles. The number of guanidine groups is 2. The van der Waals surface area contributed by atoms with E-state index in [1.54, 1.807) is 6.07 Å². The second kappa shape index (κ2) is 8.30. The molecule has 1 unspecified atom stereocenters. The molecule has 0 bridgehead atoms. The number of imide groups is 1. The summed E-state index contributed by atoms with van der Waals surface area (Å²) in [7, 11) is 1.53. The summed E-state index contributed by atoms with van der Waals surface area (Å²) in [4.78, 5) is 43.8. The first-order chi connectivity index (χ1) is 18.0. The molecule has 0 radical (unpaired) electrons. The van der Waals surface area contributed by atoms with Crippen LogP contribution in [-0.4, -0.2) is 111 Å². The third-order valence-electron chi connectivity index (χ3n) is 8.51. The van der Waals surface area contributed by atoms with Gasteiger partial charge < -0.3 is 20.4 Å². The fraction of sp³-hybridized carbons (Fsp3) is 0.542. The number of nitrogens with two attached hydrogens (primary N) is 2. The predicted molar refractivity (Wildman–Crippen MR) is 132 cm³/mol. The van der Waals surface area contributed by atoms with Crippen molar-refractivity contribution in [2.45, 2.75) is 55.3 Å². The molecule has 38 heavy (non-hydrogen) atoms. The highest BCUT2D eigenvalue weighted by Gasteiger charge is 2.78. The Morgan fingerprint density at radius 3 is 2.76 bits per heavy atom. The van der Waals surface area contributed by atoms with Crippen molar-refractivity contribution >= 4 is 29.8 Å². The minimum Gasteiger partial charge on any atom is -0.358 e. The topological polar surface area (TPSA) is 203 Å². The van der Waals surface area contributed by atoms with Gasteiger partial charge in [-0.3, -0.25) is 36.3 Å². The summed E-state index contributed by atoms with van der Waals surface area (Å²) in [5.74, 6) is -3.19. The number of fused-ring (bicyclic) bond motifs is 1. The molecular formula is C24H33N9O5+2. The van der Waals surface area contributed by atoms with Gasteiger partial charge in [-0.2, -0.15) is 0 Å². The monoisotopic (exact) mass is 527 g/mol. The maximum absolute atomic E-state index is 13.4. The third kappa shape index (κ3) is 3.29. The van der Waals surface area contributed by atoms with Crippen molar-refractivity contribution in [1.82, 2.24) is 25.8 Å². The zero-order chi connectivity index (χ0) is 27.0. The second-order valence-electron chi connectivity index (χ2n) is 10.7. The molecule has 14 heteroatoms. The molecule has 1 aromatic rings. The lowest BCUT2D eigenvalue weighted by atomic mass is 9.84. The van der Waals surface area contributed by atoms with Crippen LogP contribution in [0.2, 0.25) is 0 Å². The number of aliphatic hydroxyl groups is 2. The maximum Gasteiger partial charge on any atom is 0.347 e. The molecule has 5 aliphatic rings. The minimum absolute atomic E-state index is 0.0396. The van der Waals surface area contributed by atoms with Crippen molar-refractivity contribution in [1.29, 1.82) is 0 Å². The molecule has 4 heterocycles. The SMILES string of the molecule is CN1CC(=O)N(C[C@@H]2NC(N)=[N+]3CC(NC(=O)c4cccc5c4CCCC5)C(O)(O)[C@@]34NC(N)=[NH+][C@@H]24)C1=O. The van der Waals surface area contributed by atoms with Gasteiger partial charge in [0.2, 0.25) is 5.91 Å². The number of nitrogens with one attached hydrogen (secondary N) is 4. The van der Waals surface area contributed by atoms with Gasteiger partial charge in [0.15, 0.2) is 6.04 Å². The highest BCUT2D eigenvalue weighted by Crippen LogP contribution is 2.38. The van der Waals surface area contributed by atoms with Crippen LogP contribution in [0, 0.1) is 0 Å². The van der Waals surface area contributed by atoms with Crippen molar-refractivity contribution < 1.29 is 34.2 Å². The quantitative estimate of drug-likeness (QED) is 0.107. The van der Waals surface area contributed by atoms with Gasteiger partial charge in [0.25, 0.3) is 17.4 Å². The predicted octanol–water partition coefficient (Wildman–Crippen LogP) is -5.39. The maximum atomic E-state index is 13.4. The van der Waals surface area contributed by atoms with Gasteiger partial charge in [-0.05, 0) is 42.9 Å². The average molecular weight is 528 g/mol. The van der Waals surface area contributed by atoms with Crippen LogP contribution in [-0.2, 0) is 17.6 Å². The molecule has 1 aliphatic carbocycles. The molecule has 4 atom stereocenters. The molecule has 2 saturated heterocycles. The number of hydrogen-bond acceptors (Lipinski definition) is 9. The lowest BCUT2D eigenvalue weighted by molar-refractivity contribution is -0.674. The number of likely N-dealkylation sites (N-methyl/N-ethyl adjacent to an activating group) is 1. The summed E-state index contributed by atoms with van der Waals surface area (Å²) in [6.45, 7) is -0.176. The Morgan fingerprint density at radius 2 is 2.03 bits per heavy atom. The smallest absolute Gasteiger partial charge is 0.347 e. The van der Waals surface area contributed by atoms with Crippen LogP contribution in [0.3, 0.4) is 0 Å². The Bertz CT molecular complexity index is 1310. The first-order valence-corrected chi connectivity index (χ1v) is 12.8. The highest BCUT2D eigenvalue weighted by molar-refractivity contribution is 6.02. The van der Waals surface area contributed by atoms with Gasteiger partial charge in [-0.15, -0.1) is 0 Å². The lowest BCUT2D eigenvalue weighted by Gasteiger charge is -2.41. The molecule has 4 amide bonds. The van der Waals surface area contributed by atoms with Crippen LogP contribution in [0.15, 0.2) is 18.2 Å². The van der Waals surface area contributed by atoms with Crippen LogP contribution >= 0.6 is 0 Å². The van der Waals surface area contributed by atoms with E-state index < -0.39 is 41.5 Å². The Labute approximate surface area is 218 Å². The van der Waals surface area contributed by atoms with E-state index in [9.17, 15) is 24.6 Å². The summed E-state index contributed by atoms with van der Waals surface area (Å²) in [6, 6.07) is 2.42. The minimum atomic E-state index is -2.56. The lowest BCUT2D eigenvalue weighted by Crippen LogP contribution is -2.92. The van der Waals surface area contributed by atoms with E-state index >= 15 is 0 Å². The molecule has 4 aliphatic heterocycles. The van der Waals surface area contributed by atoms with Crippen LogP contribution < -0.4 is 32.4 Å². The van der Waals surface area contributed by atoms with Gasteiger partial charge in [0, 0.05) is 12.6 Å². The van der Waals surface area contributed by atoms with Gasteiger partial charge in [0.05, 0.1) is 13.1 Å². The summed E-state index contributed by atoms with van der Waals surface area (Å²) < 4.78 is 1.52. The molecule has 14 nitrogen and oxygen atoms in total. The van der Waals surface area contributed by atoms with Crippen molar-refractivity contribution in [3.8, 4) is 0 Å². The van der Waals surface area contributed by atoms with E-state index in [0.717, 1.165) is 41.7 Å². The standard InChI is InChI=1S/C24H31N9O5/c1-31-11-17(34)32(22(31)36)9-15-18-23(30-20(25)29-18)24(37,38)16(10-33(23)21(26)27-15)28-19(35)14-8-4-6-12-5-2-3-7-13(12)14/h4,6,8,15-16,18,37-38H,2-3,5,7,9-11H2,1H3,(H6,25,26,27,28,29,30,35)/p+2/t15-,16?,18-,23-/m0/s1. The van der Waals surface area contributed by atoms with Crippen molar-refractivity contribution in [3.63, 3.8) is 0 Å². The summed E-state index contributed by atoms with van der Waals surface area (Å²) >= 11 is 0. The Kier molecular flexibility index (Phi) is 5.33. The van der Waals surface area contributed by atoms with Crippen LogP contribution in [0.4, 0.5) is 4.79 Å². The second-order valence-corrected chi connectivity index (χ2v) is 10.7. The molecule has 2 fully saturated rings. The first kappa shape index (κ1) is 24.4. The molecular weight excluding hydrogens is 494 g/mol. The van der Waals surface area contributed by atoms with Gasteiger partial charge in [-0.25, -0.2) is 14.7 Å². The molecule has 1 aromatic carbocycles.